The van der Waals surface area contributed by atoms with Crippen molar-refractivity contribution in [2.45, 2.75) is 26.7 Å². The van der Waals surface area contributed by atoms with Gasteiger partial charge in [0.05, 0.1) is 18.5 Å². The van der Waals surface area contributed by atoms with E-state index in [2.05, 4.69) is 25.7 Å². The summed E-state index contributed by atoms with van der Waals surface area (Å²) in [6.45, 7) is 3.91. The molecule has 1 aromatic carbocycles. The van der Waals surface area contributed by atoms with Gasteiger partial charge in [-0.25, -0.2) is 4.68 Å². The number of benzene rings is 1. The zero-order valence-corrected chi connectivity index (χ0v) is 16.5. The van der Waals surface area contributed by atoms with Gasteiger partial charge < -0.3 is 10.1 Å². The maximum atomic E-state index is 12.4. The Hall–Kier alpha value is -3.75. The molecule has 0 radical (unpaired) electrons. The molecule has 3 aromatic heterocycles. The van der Waals surface area contributed by atoms with E-state index in [4.69, 9.17) is 4.74 Å². The van der Waals surface area contributed by atoms with Crippen LogP contribution in [-0.2, 0) is 11.2 Å². The largest absolute Gasteiger partial charge is 0.495 e. The molecule has 0 fully saturated rings. The fraction of sp³-hybridized carbons (Fsp3) is 0.250. The number of aryl methyl sites for hydroxylation is 3. The van der Waals surface area contributed by atoms with E-state index in [1.807, 2.05) is 44.2 Å². The van der Waals surface area contributed by atoms with E-state index >= 15 is 0 Å². The van der Waals surface area contributed by atoms with E-state index < -0.39 is 0 Å². The van der Waals surface area contributed by atoms with Gasteiger partial charge in [-0.1, -0.05) is 12.1 Å². The highest BCUT2D eigenvalue weighted by atomic mass is 16.5. The third-order valence-electron chi connectivity index (χ3n) is 4.50. The minimum atomic E-state index is -0.138. The summed E-state index contributed by atoms with van der Waals surface area (Å²) in [6.07, 6.45) is 0.639. The number of para-hydroxylation sites is 2. The normalized spacial score (nSPS) is 11.0. The van der Waals surface area contributed by atoms with Crippen LogP contribution in [0.15, 0.2) is 42.5 Å². The number of hydrogen-bond acceptors (Lipinski definition) is 6. The molecule has 0 unspecified atom stereocenters. The van der Waals surface area contributed by atoms with Crippen LogP contribution in [0.25, 0.3) is 11.5 Å². The van der Waals surface area contributed by atoms with E-state index in [1.165, 1.54) is 0 Å². The number of carbonyl (C=O) groups excluding carboxylic acids is 1. The average Bonchev–Trinajstić information content (AvgIpc) is 3.28. The molecule has 4 aromatic rings. The molecule has 9 nitrogen and oxygen atoms in total. The van der Waals surface area contributed by atoms with Gasteiger partial charge >= 0.3 is 0 Å². The van der Waals surface area contributed by atoms with Gasteiger partial charge in [0.2, 0.25) is 5.91 Å². The molecule has 0 bridgehead atoms. The van der Waals surface area contributed by atoms with Gasteiger partial charge in [0.25, 0.3) is 0 Å². The van der Waals surface area contributed by atoms with Gasteiger partial charge in [0.1, 0.15) is 5.75 Å². The first-order valence-electron chi connectivity index (χ1n) is 9.23. The highest BCUT2D eigenvalue weighted by Gasteiger charge is 2.13. The van der Waals surface area contributed by atoms with E-state index in [9.17, 15) is 4.79 Å². The first kappa shape index (κ1) is 18.6. The van der Waals surface area contributed by atoms with Crippen molar-refractivity contribution in [2.75, 3.05) is 12.4 Å². The molecule has 29 heavy (non-hydrogen) atoms. The fourth-order valence-corrected chi connectivity index (χ4v) is 3.14. The fourth-order valence-electron chi connectivity index (χ4n) is 3.14. The minimum absolute atomic E-state index is 0.138. The molecule has 1 amide bonds. The number of aromatic nitrogens is 6. The van der Waals surface area contributed by atoms with E-state index in [1.54, 1.807) is 28.4 Å². The summed E-state index contributed by atoms with van der Waals surface area (Å²) in [5, 5.41) is 20.3. The zero-order valence-electron chi connectivity index (χ0n) is 16.5. The van der Waals surface area contributed by atoms with Crippen LogP contribution in [0.5, 0.6) is 5.75 Å². The van der Waals surface area contributed by atoms with Crippen LogP contribution in [0.1, 0.15) is 23.6 Å². The lowest BCUT2D eigenvalue weighted by Gasteiger charge is -2.09. The third kappa shape index (κ3) is 3.79. The molecule has 0 saturated heterocycles. The summed E-state index contributed by atoms with van der Waals surface area (Å²) in [5.74, 6) is 1.76. The third-order valence-corrected chi connectivity index (χ3v) is 4.50. The van der Waals surface area contributed by atoms with Crippen molar-refractivity contribution in [3.8, 4) is 11.6 Å². The Morgan fingerprint density at radius 2 is 1.93 bits per heavy atom. The molecule has 1 N–H and O–H groups in total. The van der Waals surface area contributed by atoms with Crippen LogP contribution in [0, 0.1) is 13.8 Å². The van der Waals surface area contributed by atoms with Crippen molar-refractivity contribution in [1.29, 1.82) is 0 Å². The van der Waals surface area contributed by atoms with Gasteiger partial charge in [-0.15, -0.1) is 15.3 Å². The number of hydrogen-bond donors (Lipinski definition) is 1. The number of carbonyl (C=O) groups is 1. The molecule has 0 aliphatic carbocycles. The molecular weight excluding hydrogens is 370 g/mol. The van der Waals surface area contributed by atoms with Crippen LogP contribution >= 0.6 is 0 Å². The second-order valence-electron chi connectivity index (χ2n) is 6.67. The number of ether oxygens (including phenoxy) is 1. The summed E-state index contributed by atoms with van der Waals surface area (Å²) in [5.41, 5.74) is 3.16. The molecule has 0 aliphatic heterocycles. The van der Waals surface area contributed by atoms with Crippen molar-refractivity contribution in [2.24, 2.45) is 0 Å². The van der Waals surface area contributed by atoms with E-state index in [0.717, 1.165) is 11.4 Å². The monoisotopic (exact) mass is 391 g/mol. The summed E-state index contributed by atoms with van der Waals surface area (Å²) in [4.78, 5) is 12.4. The van der Waals surface area contributed by atoms with Gasteiger partial charge in [0.15, 0.2) is 17.3 Å². The molecule has 0 spiro atoms. The Morgan fingerprint density at radius 1 is 1.10 bits per heavy atom. The maximum absolute atomic E-state index is 12.4. The smallest absolute Gasteiger partial charge is 0.224 e. The van der Waals surface area contributed by atoms with Crippen molar-refractivity contribution in [3.63, 3.8) is 0 Å². The number of anilines is 1. The average molecular weight is 391 g/mol. The highest BCUT2D eigenvalue weighted by Crippen LogP contribution is 2.23. The first-order chi connectivity index (χ1) is 14.0. The Balaban J connectivity index is 1.51. The van der Waals surface area contributed by atoms with E-state index in [-0.39, 0.29) is 12.3 Å². The highest BCUT2D eigenvalue weighted by molar-refractivity contribution is 5.92. The second-order valence-corrected chi connectivity index (χ2v) is 6.67. The molecule has 9 heteroatoms. The van der Waals surface area contributed by atoms with Gasteiger partial charge in [-0.3, -0.25) is 4.79 Å². The van der Waals surface area contributed by atoms with Crippen LogP contribution in [0.4, 0.5) is 5.69 Å². The van der Waals surface area contributed by atoms with E-state index in [0.29, 0.717) is 35.1 Å². The van der Waals surface area contributed by atoms with Crippen LogP contribution in [0.3, 0.4) is 0 Å². The summed E-state index contributed by atoms with van der Waals surface area (Å²) < 4.78 is 8.69. The number of fused-ring (bicyclic) bond motifs is 1. The summed E-state index contributed by atoms with van der Waals surface area (Å²) >= 11 is 0. The van der Waals surface area contributed by atoms with Crippen molar-refractivity contribution in [1.82, 2.24) is 29.6 Å². The summed E-state index contributed by atoms with van der Waals surface area (Å²) in [7, 11) is 1.57. The van der Waals surface area contributed by atoms with Gasteiger partial charge in [0, 0.05) is 18.5 Å². The van der Waals surface area contributed by atoms with Gasteiger partial charge in [-0.05, 0) is 44.2 Å². The topological polar surface area (TPSA) is 99.2 Å². The van der Waals surface area contributed by atoms with Crippen LogP contribution in [0.2, 0.25) is 0 Å². The predicted molar refractivity (Wildman–Crippen MR) is 107 cm³/mol. The zero-order chi connectivity index (χ0) is 20.4. The Kier molecular flexibility index (Phi) is 4.94. The number of nitrogens with one attached hydrogen (secondary N) is 1. The van der Waals surface area contributed by atoms with Crippen molar-refractivity contribution in [3.05, 3.63) is 59.7 Å². The number of rotatable bonds is 6. The molecule has 4 rings (SSSR count). The lowest BCUT2D eigenvalue weighted by molar-refractivity contribution is -0.116. The van der Waals surface area contributed by atoms with Gasteiger partial charge in [-0.2, -0.15) is 9.61 Å². The standard InChI is InChI=1S/C20H21N7O2/c1-13-12-14(2)26(24-13)19-9-8-17-22-23-18(27(17)25-19)10-11-20(28)21-15-6-4-5-7-16(15)29-3/h4-9,12H,10-11H2,1-3H3,(H,21,28). The summed E-state index contributed by atoms with van der Waals surface area (Å²) in [6, 6.07) is 13.0. The lowest BCUT2D eigenvalue weighted by Crippen LogP contribution is -2.14. The van der Waals surface area contributed by atoms with Crippen molar-refractivity contribution < 1.29 is 9.53 Å². The molecule has 148 valence electrons. The molecule has 3 heterocycles. The Bertz CT molecular complexity index is 1180. The Morgan fingerprint density at radius 3 is 2.69 bits per heavy atom. The Labute approximate surface area is 167 Å². The van der Waals surface area contributed by atoms with Crippen LogP contribution < -0.4 is 10.1 Å². The predicted octanol–water partition coefficient (Wildman–Crippen LogP) is 2.51. The lowest BCUT2D eigenvalue weighted by atomic mass is 10.2. The molecule has 0 saturated carbocycles. The first-order valence-corrected chi connectivity index (χ1v) is 9.23. The number of amides is 1. The second kappa shape index (κ2) is 7.70. The van der Waals surface area contributed by atoms with Crippen LogP contribution in [-0.4, -0.2) is 42.6 Å². The maximum Gasteiger partial charge on any atom is 0.224 e. The molecule has 0 aliphatic rings. The quantitative estimate of drug-likeness (QED) is 0.542. The number of methoxy groups -OCH3 is 1. The minimum Gasteiger partial charge on any atom is -0.495 e. The SMILES string of the molecule is COc1ccccc1NC(=O)CCc1nnc2ccc(-n3nc(C)cc3C)nn12. The molecular formula is C20H21N7O2. The molecule has 0 atom stereocenters. The number of nitrogens with zero attached hydrogens (tertiary/aromatic N) is 6. The van der Waals surface area contributed by atoms with Crippen molar-refractivity contribution >= 4 is 17.2 Å².